The number of benzene rings is 2. The first-order valence-corrected chi connectivity index (χ1v) is 5.61. The highest BCUT2D eigenvalue weighted by molar-refractivity contribution is 6.08. The summed E-state index contributed by atoms with van der Waals surface area (Å²) in [4.78, 5) is 12.0. The number of halogens is 1. The molecular formula is C14H13FN2O2. The van der Waals surface area contributed by atoms with Crippen LogP contribution in [0.15, 0.2) is 42.5 Å². The number of nitrogens with two attached hydrogens (primary N) is 1. The van der Waals surface area contributed by atoms with Gasteiger partial charge >= 0.3 is 0 Å². The van der Waals surface area contributed by atoms with Gasteiger partial charge in [-0.05, 0) is 24.3 Å². The number of carbonyl (C=O) groups is 1. The molecule has 19 heavy (non-hydrogen) atoms. The summed E-state index contributed by atoms with van der Waals surface area (Å²) in [6.07, 6.45) is 0. The van der Waals surface area contributed by atoms with E-state index in [0.29, 0.717) is 16.9 Å². The fourth-order valence-electron chi connectivity index (χ4n) is 1.66. The van der Waals surface area contributed by atoms with Gasteiger partial charge in [-0.15, -0.1) is 0 Å². The molecule has 0 aromatic heterocycles. The maximum Gasteiger partial charge on any atom is 0.257 e. The Morgan fingerprint density at radius 1 is 1.26 bits per heavy atom. The molecule has 0 aliphatic carbocycles. The number of carbonyl (C=O) groups excluding carboxylic acids is 1. The van der Waals surface area contributed by atoms with Gasteiger partial charge in [0.05, 0.1) is 18.4 Å². The minimum absolute atomic E-state index is 0.253. The molecule has 4 nitrogen and oxygen atoms in total. The predicted molar refractivity (Wildman–Crippen MR) is 71.8 cm³/mol. The minimum atomic E-state index is -0.436. The topological polar surface area (TPSA) is 64.3 Å². The number of amides is 1. The monoisotopic (exact) mass is 260 g/mol. The molecule has 0 spiro atoms. The summed E-state index contributed by atoms with van der Waals surface area (Å²) in [5.41, 5.74) is 6.84. The number of methoxy groups -OCH3 is 1. The predicted octanol–water partition coefficient (Wildman–Crippen LogP) is 2.67. The second-order valence-electron chi connectivity index (χ2n) is 3.89. The quantitative estimate of drug-likeness (QED) is 0.834. The highest BCUT2D eigenvalue weighted by atomic mass is 19.1. The third kappa shape index (κ3) is 2.82. The van der Waals surface area contributed by atoms with Gasteiger partial charge in [0.15, 0.2) is 0 Å². The van der Waals surface area contributed by atoms with Crippen molar-refractivity contribution in [1.29, 1.82) is 0 Å². The van der Waals surface area contributed by atoms with Crippen molar-refractivity contribution in [1.82, 2.24) is 0 Å². The summed E-state index contributed by atoms with van der Waals surface area (Å²) >= 11 is 0. The van der Waals surface area contributed by atoms with E-state index in [9.17, 15) is 9.18 Å². The molecule has 0 aliphatic heterocycles. The lowest BCUT2D eigenvalue weighted by Crippen LogP contribution is -2.14. The average molecular weight is 260 g/mol. The maximum absolute atomic E-state index is 13.0. The highest BCUT2D eigenvalue weighted by Gasteiger charge is 2.12. The largest absolute Gasteiger partial charge is 0.494 e. The molecule has 0 unspecified atom stereocenters. The first-order valence-electron chi connectivity index (χ1n) is 5.61. The van der Waals surface area contributed by atoms with E-state index < -0.39 is 5.82 Å². The molecule has 2 rings (SSSR count). The molecule has 0 radical (unpaired) electrons. The van der Waals surface area contributed by atoms with Gasteiger partial charge in [0.25, 0.3) is 5.91 Å². The second kappa shape index (κ2) is 5.39. The van der Waals surface area contributed by atoms with Crippen LogP contribution in [0.2, 0.25) is 0 Å². The van der Waals surface area contributed by atoms with Crippen LogP contribution >= 0.6 is 0 Å². The number of nitrogen functional groups attached to an aromatic ring is 1. The van der Waals surface area contributed by atoms with Crippen LogP contribution in [-0.4, -0.2) is 13.0 Å². The van der Waals surface area contributed by atoms with Crippen LogP contribution in [0.1, 0.15) is 10.4 Å². The van der Waals surface area contributed by atoms with E-state index >= 15 is 0 Å². The van der Waals surface area contributed by atoms with Crippen LogP contribution in [0, 0.1) is 5.82 Å². The van der Waals surface area contributed by atoms with Gasteiger partial charge in [-0.25, -0.2) is 4.39 Å². The molecule has 98 valence electrons. The van der Waals surface area contributed by atoms with Crippen molar-refractivity contribution in [3.63, 3.8) is 0 Å². The van der Waals surface area contributed by atoms with Crippen LogP contribution in [0.3, 0.4) is 0 Å². The Bertz CT molecular complexity index is 614. The van der Waals surface area contributed by atoms with Crippen molar-refractivity contribution >= 4 is 17.3 Å². The third-order valence-corrected chi connectivity index (χ3v) is 2.62. The van der Waals surface area contributed by atoms with Crippen molar-refractivity contribution in [2.24, 2.45) is 0 Å². The first kappa shape index (κ1) is 12.9. The fourth-order valence-corrected chi connectivity index (χ4v) is 1.66. The van der Waals surface area contributed by atoms with Crippen LogP contribution in [0.25, 0.3) is 0 Å². The van der Waals surface area contributed by atoms with E-state index in [1.165, 1.54) is 25.3 Å². The Morgan fingerprint density at radius 2 is 2.00 bits per heavy atom. The molecule has 0 heterocycles. The number of hydrogen-bond acceptors (Lipinski definition) is 3. The summed E-state index contributed by atoms with van der Waals surface area (Å²) in [6.45, 7) is 0. The van der Waals surface area contributed by atoms with Crippen LogP contribution in [0.5, 0.6) is 5.75 Å². The van der Waals surface area contributed by atoms with Crippen LogP contribution in [0.4, 0.5) is 15.8 Å². The lowest BCUT2D eigenvalue weighted by atomic mass is 10.1. The number of rotatable bonds is 3. The highest BCUT2D eigenvalue weighted by Crippen LogP contribution is 2.26. The zero-order valence-electron chi connectivity index (χ0n) is 10.3. The van der Waals surface area contributed by atoms with Crippen molar-refractivity contribution < 1.29 is 13.9 Å². The Morgan fingerprint density at radius 3 is 2.68 bits per heavy atom. The first-order chi connectivity index (χ1) is 9.11. The number of nitrogens with one attached hydrogen (secondary N) is 1. The second-order valence-corrected chi connectivity index (χ2v) is 3.89. The van der Waals surface area contributed by atoms with Crippen LogP contribution < -0.4 is 15.8 Å². The summed E-state index contributed by atoms with van der Waals surface area (Å²) in [7, 11) is 1.40. The van der Waals surface area contributed by atoms with E-state index in [1.54, 1.807) is 24.3 Å². The number of para-hydroxylation sites is 1. The third-order valence-electron chi connectivity index (χ3n) is 2.62. The zero-order valence-corrected chi connectivity index (χ0v) is 10.3. The summed E-state index contributed by atoms with van der Waals surface area (Å²) in [5, 5.41) is 2.64. The Labute approximate surface area is 110 Å². The number of hydrogen-bond donors (Lipinski definition) is 2. The standard InChI is InChI=1S/C14H13FN2O2/c1-19-13-8-9(15)6-7-12(13)17-14(18)10-4-2-3-5-11(10)16/h2-8H,16H2,1H3,(H,17,18). The van der Waals surface area contributed by atoms with E-state index in [-0.39, 0.29) is 11.7 Å². The summed E-state index contributed by atoms with van der Waals surface area (Å²) in [5.74, 6) is -0.556. The fraction of sp³-hybridized carbons (Fsp3) is 0.0714. The summed E-state index contributed by atoms with van der Waals surface area (Å²) < 4.78 is 18.1. The minimum Gasteiger partial charge on any atom is -0.494 e. The molecule has 3 N–H and O–H groups in total. The molecule has 2 aromatic rings. The van der Waals surface area contributed by atoms with Crippen molar-refractivity contribution in [3.05, 3.63) is 53.8 Å². The van der Waals surface area contributed by atoms with Crippen molar-refractivity contribution in [3.8, 4) is 5.75 Å². The molecule has 0 saturated heterocycles. The van der Waals surface area contributed by atoms with Gasteiger partial charge in [-0.1, -0.05) is 12.1 Å². The smallest absolute Gasteiger partial charge is 0.257 e. The van der Waals surface area contributed by atoms with Gasteiger partial charge in [0.2, 0.25) is 0 Å². The van der Waals surface area contributed by atoms with Crippen molar-refractivity contribution in [2.45, 2.75) is 0 Å². The van der Waals surface area contributed by atoms with Crippen molar-refractivity contribution in [2.75, 3.05) is 18.2 Å². The molecule has 0 saturated carbocycles. The zero-order chi connectivity index (χ0) is 13.8. The van der Waals surface area contributed by atoms with Gasteiger partial charge in [-0.2, -0.15) is 0 Å². The van der Waals surface area contributed by atoms with E-state index in [1.807, 2.05) is 0 Å². The number of ether oxygens (including phenoxy) is 1. The SMILES string of the molecule is COc1cc(F)ccc1NC(=O)c1ccccc1N. The molecule has 1 amide bonds. The normalized spacial score (nSPS) is 10.0. The maximum atomic E-state index is 13.0. The molecule has 0 bridgehead atoms. The molecule has 2 aromatic carbocycles. The van der Waals surface area contributed by atoms with Gasteiger partial charge < -0.3 is 15.8 Å². The molecule has 5 heteroatoms. The lowest BCUT2D eigenvalue weighted by Gasteiger charge is -2.11. The molecular weight excluding hydrogens is 247 g/mol. The molecule has 0 fully saturated rings. The lowest BCUT2D eigenvalue weighted by molar-refractivity contribution is 0.102. The van der Waals surface area contributed by atoms with E-state index in [2.05, 4.69) is 5.32 Å². The average Bonchev–Trinajstić information content (AvgIpc) is 2.41. The Balaban J connectivity index is 2.27. The Kier molecular flexibility index (Phi) is 3.66. The number of anilines is 2. The Hall–Kier alpha value is -2.56. The summed E-state index contributed by atoms with van der Waals surface area (Å²) in [6, 6.07) is 10.6. The van der Waals surface area contributed by atoms with E-state index in [4.69, 9.17) is 10.5 Å². The molecule has 0 atom stereocenters. The molecule has 0 aliphatic rings. The van der Waals surface area contributed by atoms with Crippen LogP contribution in [-0.2, 0) is 0 Å². The van der Waals surface area contributed by atoms with Gasteiger partial charge in [-0.3, -0.25) is 4.79 Å². The van der Waals surface area contributed by atoms with E-state index in [0.717, 1.165) is 0 Å². The van der Waals surface area contributed by atoms with Gasteiger partial charge in [0, 0.05) is 11.8 Å². The van der Waals surface area contributed by atoms with Gasteiger partial charge in [0.1, 0.15) is 11.6 Å².